The second kappa shape index (κ2) is 7.59. The van der Waals surface area contributed by atoms with Crippen molar-refractivity contribution in [2.45, 2.75) is 70.4 Å². The molecule has 4 nitrogen and oxygen atoms in total. The lowest BCUT2D eigenvalue weighted by molar-refractivity contribution is -0.150. The summed E-state index contributed by atoms with van der Waals surface area (Å²) in [6.07, 6.45) is 8.01. The van der Waals surface area contributed by atoms with Gasteiger partial charge in [0.05, 0.1) is 7.11 Å². The predicted octanol–water partition coefficient (Wildman–Crippen LogP) is 2.57. The van der Waals surface area contributed by atoms with Crippen molar-refractivity contribution in [3.8, 4) is 0 Å². The molecule has 2 fully saturated rings. The van der Waals surface area contributed by atoms with E-state index in [-0.39, 0.29) is 5.97 Å². The van der Waals surface area contributed by atoms with Gasteiger partial charge >= 0.3 is 5.97 Å². The van der Waals surface area contributed by atoms with E-state index in [0.29, 0.717) is 12.0 Å². The number of nitrogens with zero attached hydrogens (tertiary/aromatic N) is 1. The molecule has 0 radical (unpaired) electrons. The van der Waals surface area contributed by atoms with Crippen molar-refractivity contribution < 1.29 is 9.53 Å². The van der Waals surface area contributed by atoms with Gasteiger partial charge in [-0.3, -0.25) is 4.79 Å². The summed E-state index contributed by atoms with van der Waals surface area (Å²) in [5, 5.41) is 3.54. The van der Waals surface area contributed by atoms with Gasteiger partial charge in [-0.25, -0.2) is 0 Å². The van der Waals surface area contributed by atoms with E-state index in [9.17, 15) is 4.79 Å². The Morgan fingerprint density at radius 2 is 2.19 bits per heavy atom. The minimum Gasteiger partial charge on any atom is -0.468 e. The first-order valence-electron chi connectivity index (χ1n) is 8.71. The average molecular weight is 296 g/mol. The normalized spacial score (nSPS) is 33.5. The van der Waals surface area contributed by atoms with Crippen LogP contribution in [0.3, 0.4) is 0 Å². The van der Waals surface area contributed by atoms with Gasteiger partial charge in [0.15, 0.2) is 0 Å². The molecule has 0 amide bonds. The van der Waals surface area contributed by atoms with Gasteiger partial charge in [-0.1, -0.05) is 13.3 Å². The molecule has 0 aromatic heterocycles. The van der Waals surface area contributed by atoms with Crippen molar-refractivity contribution >= 4 is 5.97 Å². The third kappa shape index (κ3) is 3.59. The molecule has 21 heavy (non-hydrogen) atoms. The first-order chi connectivity index (χ1) is 10.1. The van der Waals surface area contributed by atoms with Gasteiger partial charge in [0.25, 0.3) is 0 Å². The van der Waals surface area contributed by atoms with Crippen LogP contribution in [-0.4, -0.2) is 49.2 Å². The molecule has 0 bridgehead atoms. The number of esters is 1. The van der Waals surface area contributed by atoms with Crippen LogP contribution in [0.15, 0.2) is 0 Å². The zero-order chi connectivity index (χ0) is 15.3. The summed E-state index contributed by atoms with van der Waals surface area (Å²) in [7, 11) is 1.52. The van der Waals surface area contributed by atoms with E-state index in [1.807, 2.05) is 0 Å². The van der Waals surface area contributed by atoms with Crippen LogP contribution in [-0.2, 0) is 9.53 Å². The van der Waals surface area contributed by atoms with Crippen LogP contribution in [0.4, 0.5) is 0 Å². The molecule has 1 saturated carbocycles. The number of ether oxygens (including phenoxy) is 1. The zero-order valence-corrected chi connectivity index (χ0v) is 14.0. The highest BCUT2D eigenvalue weighted by Crippen LogP contribution is 2.39. The highest BCUT2D eigenvalue weighted by Gasteiger charge is 2.49. The summed E-state index contributed by atoms with van der Waals surface area (Å²) in [6.45, 7) is 7.71. The lowest BCUT2D eigenvalue weighted by atomic mass is 9.84. The molecule has 2 aliphatic rings. The van der Waals surface area contributed by atoms with E-state index in [1.165, 1.54) is 26.5 Å². The van der Waals surface area contributed by atoms with Crippen LogP contribution < -0.4 is 5.32 Å². The van der Waals surface area contributed by atoms with E-state index in [1.54, 1.807) is 0 Å². The van der Waals surface area contributed by atoms with Gasteiger partial charge in [0.1, 0.15) is 5.54 Å². The number of methoxy groups -OCH3 is 1. The monoisotopic (exact) mass is 296 g/mol. The third-order valence-electron chi connectivity index (χ3n) is 5.52. The van der Waals surface area contributed by atoms with Crippen LogP contribution >= 0.6 is 0 Å². The number of rotatable bonds is 7. The number of hydrogen-bond donors (Lipinski definition) is 1. The first-order valence-corrected chi connectivity index (χ1v) is 8.71. The Bertz CT molecular complexity index is 348. The van der Waals surface area contributed by atoms with Crippen LogP contribution in [0, 0.1) is 5.92 Å². The molecular formula is C17H32N2O2. The van der Waals surface area contributed by atoms with Crippen molar-refractivity contribution in [2.24, 2.45) is 5.92 Å². The number of likely N-dealkylation sites (tertiary alicyclic amines) is 1. The van der Waals surface area contributed by atoms with Crippen LogP contribution in [0.5, 0.6) is 0 Å². The quantitative estimate of drug-likeness (QED) is 0.733. The molecule has 4 heteroatoms. The molecule has 3 atom stereocenters. The Morgan fingerprint density at radius 1 is 1.38 bits per heavy atom. The Labute approximate surface area is 129 Å². The molecule has 2 rings (SSSR count). The fraction of sp³-hybridized carbons (Fsp3) is 0.941. The minimum absolute atomic E-state index is 0.0482. The Hall–Kier alpha value is -0.610. The molecule has 1 N–H and O–H groups in total. The number of hydrogen-bond acceptors (Lipinski definition) is 4. The average Bonchev–Trinajstić information content (AvgIpc) is 3.09. The molecule has 1 saturated heterocycles. The lowest BCUT2D eigenvalue weighted by Crippen LogP contribution is -2.56. The van der Waals surface area contributed by atoms with Gasteiger partial charge < -0.3 is 15.0 Å². The number of carbonyl (C=O) groups excluding carboxylic acids is 1. The highest BCUT2D eigenvalue weighted by molar-refractivity contribution is 5.81. The van der Waals surface area contributed by atoms with Gasteiger partial charge in [-0.15, -0.1) is 0 Å². The summed E-state index contributed by atoms with van der Waals surface area (Å²) in [5.74, 6) is 0.372. The van der Waals surface area contributed by atoms with Crippen LogP contribution in [0.25, 0.3) is 0 Å². The Morgan fingerprint density at radius 3 is 2.81 bits per heavy atom. The second-order valence-electron chi connectivity index (χ2n) is 6.79. The highest BCUT2D eigenvalue weighted by atomic mass is 16.5. The molecule has 1 heterocycles. The summed E-state index contributed by atoms with van der Waals surface area (Å²) in [6, 6.07) is 0.711. The van der Waals surface area contributed by atoms with Gasteiger partial charge in [0.2, 0.25) is 0 Å². The van der Waals surface area contributed by atoms with Crippen molar-refractivity contribution in [3.05, 3.63) is 0 Å². The van der Waals surface area contributed by atoms with Crippen LogP contribution in [0.2, 0.25) is 0 Å². The Balaban J connectivity index is 1.99. The van der Waals surface area contributed by atoms with Gasteiger partial charge in [0, 0.05) is 6.04 Å². The summed E-state index contributed by atoms with van der Waals surface area (Å²) >= 11 is 0. The lowest BCUT2D eigenvalue weighted by Gasteiger charge is -2.35. The topological polar surface area (TPSA) is 41.6 Å². The summed E-state index contributed by atoms with van der Waals surface area (Å²) in [4.78, 5) is 15.0. The second-order valence-corrected chi connectivity index (χ2v) is 6.79. The zero-order valence-electron chi connectivity index (χ0n) is 14.0. The summed E-state index contributed by atoms with van der Waals surface area (Å²) in [5.41, 5.74) is -0.423. The number of carbonyl (C=O) groups is 1. The molecular weight excluding hydrogens is 264 g/mol. The standard InChI is InChI=1S/C17H32N2O2/c1-4-11-18-17(16(20)21-3)10-5-8-15(17)9-13-19-12-6-7-14(19)2/h14-15,18H,4-13H2,1-3H3. The van der Waals surface area contributed by atoms with Crippen molar-refractivity contribution in [1.82, 2.24) is 10.2 Å². The molecule has 1 aliphatic carbocycles. The number of nitrogens with one attached hydrogen (secondary N) is 1. The van der Waals surface area contributed by atoms with E-state index in [4.69, 9.17) is 4.74 Å². The first kappa shape index (κ1) is 16.8. The van der Waals surface area contributed by atoms with Crippen LogP contribution in [0.1, 0.15) is 58.8 Å². The smallest absolute Gasteiger partial charge is 0.326 e. The van der Waals surface area contributed by atoms with E-state index >= 15 is 0 Å². The van der Waals surface area contributed by atoms with Crippen molar-refractivity contribution in [2.75, 3.05) is 26.7 Å². The molecule has 0 aromatic carbocycles. The van der Waals surface area contributed by atoms with Gasteiger partial charge in [-0.2, -0.15) is 0 Å². The molecule has 1 aliphatic heterocycles. The maximum atomic E-state index is 12.4. The van der Waals surface area contributed by atoms with Gasteiger partial charge in [-0.05, 0) is 71.0 Å². The largest absolute Gasteiger partial charge is 0.468 e. The van der Waals surface area contributed by atoms with E-state index in [2.05, 4.69) is 24.1 Å². The minimum atomic E-state index is -0.423. The van der Waals surface area contributed by atoms with Crippen molar-refractivity contribution in [1.29, 1.82) is 0 Å². The maximum Gasteiger partial charge on any atom is 0.326 e. The fourth-order valence-electron chi connectivity index (χ4n) is 4.22. The molecule has 0 aromatic rings. The van der Waals surface area contributed by atoms with E-state index in [0.717, 1.165) is 45.2 Å². The van der Waals surface area contributed by atoms with Crippen molar-refractivity contribution in [3.63, 3.8) is 0 Å². The maximum absolute atomic E-state index is 12.4. The SMILES string of the molecule is CCCNC1(C(=O)OC)CCCC1CCN1CCCC1C. The molecule has 122 valence electrons. The Kier molecular flexibility index (Phi) is 6.06. The molecule has 3 unspecified atom stereocenters. The van der Waals surface area contributed by atoms with E-state index < -0.39 is 5.54 Å². The predicted molar refractivity (Wildman–Crippen MR) is 85.3 cm³/mol. The third-order valence-corrected chi connectivity index (χ3v) is 5.52. The molecule has 0 spiro atoms. The summed E-state index contributed by atoms with van der Waals surface area (Å²) < 4.78 is 5.14. The fourth-order valence-corrected chi connectivity index (χ4v) is 4.22.